The Labute approximate surface area is 198 Å². The normalized spacial score (nSPS) is 16.6. The predicted octanol–water partition coefficient (Wildman–Crippen LogP) is 3.79. The maximum Gasteiger partial charge on any atom is 0.261 e. The van der Waals surface area contributed by atoms with Crippen molar-refractivity contribution < 1.29 is 14.3 Å². The van der Waals surface area contributed by atoms with E-state index >= 15 is 0 Å². The Balaban J connectivity index is 1.21. The van der Waals surface area contributed by atoms with Crippen LogP contribution in [0.2, 0.25) is 0 Å². The number of amides is 1. The first-order valence-electron chi connectivity index (χ1n) is 12.0. The summed E-state index contributed by atoms with van der Waals surface area (Å²) in [5.41, 5.74) is 1.36. The number of hydrogen-bond donors (Lipinski definition) is 0. The van der Waals surface area contributed by atoms with Crippen molar-refractivity contribution in [3.05, 3.63) is 70.3 Å². The monoisotopic (exact) mass is 459 g/mol. The van der Waals surface area contributed by atoms with Gasteiger partial charge in [0, 0.05) is 43.5 Å². The molecule has 0 N–H and O–H groups in total. The van der Waals surface area contributed by atoms with Gasteiger partial charge in [0.1, 0.15) is 11.6 Å². The maximum absolute atomic E-state index is 13.0. The van der Waals surface area contributed by atoms with Gasteiger partial charge < -0.3 is 9.64 Å². The molecule has 1 amide bonds. The van der Waals surface area contributed by atoms with Crippen LogP contribution >= 0.6 is 0 Å². The maximum atomic E-state index is 13.0. The van der Waals surface area contributed by atoms with Crippen LogP contribution in [-0.2, 0) is 11.2 Å². The first-order valence-corrected chi connectivity index (χ1v) is 12.0. The summed E-state index contributed by atoms with van der Waals surface area (Å²) in [6.45, 7) is 1.15. The van der Waals surface area contributed by atoms with Crippen LogP contribution < -0.4 is 10.3 Å². The number of benzene rings is 2. The largest absolute Gasteiger partial charge is 0.497 e. The number of carbonyl (C=O) groups is 2. The van der Waals surface area contributed by atoms with Crippen LogP contribution in [0.3, 0.4) is 0 Å². The molecule has 2 aromatic carbocycles. The topological polar surface area (TPSA) is 81.5 Å². The smallest absolute Gasteiger partial charge is 0.261 e. The number of Topliss-reactive ketones (excluding diaryl/α,β-unsaturated/α-hetero) is 1. The van der Waals surface area contributed by atoms with Crippen LogP contribution in [0.4, 0.5) is 0 Å². The molecule has 7 nitrogen and oxygen atoms in total. The van der Waals surface area contributed by atoms with Crippen molar-refractivity contribution in [2.45, 2.75) is 44.6 Å². The minimum absolute atomic E-state index is 0.00610. The molecule has 1 saturated heterocycles. The summed E-state index contributed by atoms with van der Waals surface area (Å²) in [6, 6.07) is 14.8. The summed E-state index contributed by atoms with van der Waals surface area (Å²) >= 11 is 0. The third kappa shape index (κ3) is 4.47. The standard InChI is InChI=1S/C27H29N3O4/c1-34-21-10-6-18(7-11-21)26(32)19-14-16-29(17-15-19)25(31)13-12-24-28-23-5-3-2-4-22(23)27(33)30(24)20-8-9-20/h2-7,10-11,19-20H,8-9,12-17H2,1H3. The number of methoxy groups -OCH3 is 1. The number of fused-ring (bicyclic) bond motifs is 1. The van der Waals surface area contributed by atoms with E-state index in [1.807, 2.05) is 29.2 Å². The summed E-state index contributed by atoms with van der Waals surface area (Å²) in [4.78, 5) is 45.4. The van der Waals surface area contributed by atoms with Gasteiger partial charge in [-0.1, -0.05) is 12.1 Å². The number of aryl methyl sites for hydroxylation is 1. The van der Waals surface area contributed by atoms with Crippen molar-refractivity contribution in [2.75, 3.05) is 20.2 Å². The summed E-state index contributed by atoms with van der Waals surface area (Å²) in [5.74, 6) is 1.54. The number of carbonyl (C=O) groups excluding carboxylic acids is 2. The second kappa shape index (κ2) is 9.41. The highest BCUT2D eigenvalue weighted by Gasteiger charge is 2.30. The summed E-state index contributed by atoms with van der Waals surface area (Å²) in [5, 5.41) is 0.632. The number of para-hydroxylation sites is 1. The summed E-state index contributed by atoms with van der Waals surface area (Å²) < 4.78 is 6.96. The van der Waals surface area contributed by atoms with Gasteiger partial charge in [-0.25, -0.2) is 4.98 Å². The van der Waals surface area contributed by atoms with Crippen molar-refractivity contribution in [3.63, 3.8) is 0 Å². The molecule has 5 rings (SSSR count). The fourth-order valence-corrected chi connectivity index (χ4v) is 4.84. The Bertz CT molecular complexity index is 1270. The highest BCUT2D eigenvalue weighted by Crippen LogP contribution is 2.35. The van der Waals surface area contributed by atoms with E-state index in [0.29, 0.717) is 61.1 Å². The van der Waals surface area contributed by atoms with Gasteiger partial charge in [-0.3, -0.25) is 19.0 Å². The third-order valence-corrected chi connectivity index (χ3v) is 6.95. The lowest BCUT2D eigenvalue weighted by Gasteiger charge is -2.31. The molecule has 7 heteroatoms. The Morgan fingerprint density at radius 1 is 1.00 bits per heavy atom. The molecule has 1 aromatic heterocycles. The fraction of sp³-hybridized carbons (Fsp3) is 0.407. The molecule has 2 heterocycles. The van der Waals surface area contributed by atoms with Crippen molar-refractivity contribution in [1.82, 2.24) is 14.5 Å². The number of ether oxygens (including phenoxy) is 1. The Hall–Kier alpha value is -3.48. The van der Waals surface area contributed by atoms with E-state index in [2.05, 4.69) is 0 Å². The van der Waals surface area contributed by atoms with Crippen LogP contribution in [0.5, 0.6) is 5.75 Å². The molecule has 0 radical (unpaired) electrons. The lowest BCUT2D eigenvalue weighted by atomic mass is 9.88. The molecule has 1 saturated carbocycles. The molecule has 1 aliphatic heterocycles. The minimum atomic E-state index is -0.0698. The number of likely N-dealkylation sites (tertiary alicyclic amines) is 1. The highest BCUT2D eigenvalue weighted by atomic mass is 16.5. The number of ketones is 1. The van der Waals surface area contributed by atoms with Gasteiger partial charge in [-0.2, -0.15) is 0 Å². The summed E-state index contributed by atoms with van der Waals surface area (Å²) in [6.07, 6.45) is 4.05. The number of nitrogens with zero attached hydrogens (tertiary/aromatic N) is 3. The van der Waals surface area contributed by atoms with Crippen LogP contribution in [0, 0.1) is 5.92 Å². The molecule has 1 aliphatic carbocycles. The van der Waals surface area contributed by atoms with Gasteiger partial charge in [0.15, 0.2) is 5.78 Å². The Morgan fingerprint density at radius 3 is 2.38 bits per heavy atom. The van der Waals surface area contributed by atoms with Crippen molar-refractivity contribution in [2.24, 2.45) is 5.92 Å². The Morgan fingerprint density at radius 2 is 1.71 bits per heavy atom. The molecular formula is C27H29N3O4. The van der Waals surface area contributed by atoms with E-state index < -0.39 is 0 Å². The molecule has 0 atom stereocenters. The van der Waals surface area contributed by atoms with E-state index in [9.17, 15) is 14.4 Å². The molecule has 0 spiro atoms. The van der Waals surface area contributed by atoms with Crippen LogP contribution in [0.1, 0.15) is 54.3 Å². The average Bonchev–Trinajstić information content (AvgIpc) is 3.72. The van der Waals surface area contributed by atoms with Gasteiger partial charge >= 0.3 is 0 Å². The van der Waals surface area contributed by atoms with Crippen molar-refractivity contribution in [3.8, 4) is 5.75 Å². The van der Waals surface area contributed by atoms with E-state index in [1.165, 1.54) is 0 Å². The van der Waals surface area contributed by atoms with Gasteiger partial charge in [0.25, 0.3) is 5.56 Å². The first-order chi connectivity index (χ1) is 16.5. The lowest BCUT2D eigenvalue weighted by Crippen LogP contribution is -2.40. The summed E-state index contributed by atoms with van der Waals surface area (Å²) in [7, 11) is 1.60. The lowest BCUT2D eigenvalue weighted by molar-refractivity contribution is -0.132. The van der Waals surface area contributed by atoms with E-state index in [0.717, 1.165) is 18.6 Å². The molecule has 0 unspecified atom stereocenters. The third-order valence-electron chi connectivity index (χ3n) is 6.95. The molecule has 2 fully saturated rings. The van der Waals surface area contributed by atoms with E-state index in [4.69, 9.17) is 9.72 Å². The molecule has 2 aliphatic rings. The Kier molecular flexibility index (Phi) is 6.18. The van der Waals surface area contributed by atoms with E-state index in [1.54, 1.807) is 35.9 Å². The van der Waals surface area contributed by atoms with Gasteiger partial charge in [0.05, 0.1) is 18.0 Å². The molecule has 0 bridgehead atoms. The van der Waals surface area contributed by atoms with Crippen molar-refractivity contribution >= 4 is 22.6 Å². The minimum Gasteiger partial charge on any atom is -0.497 e. The predicted molar refractivity (Wildman–Crippen MR) is 129 cm³/mol. The number of rotatable bonds is 7. The quantitative estimate of drug-likeness (QED) is 0.502. The first kappa shape index (κ1) is 22.3. The zero-order chi connectivity index (χ0) is 23.7. The van der Waals surface area contributed by atoms with Crippen LogP contribution in [-0.4, -0.2) is 46.3 Å². The molecule has 34 heavy (non-hydrogen) atoms. The van der Waals surface area contributed by atoms with Crippen molar-refractivity contribution in [1.29, 1.82) is 0 Å². The van der Waals surface area contributed by atoms with Gasteiger partial charge in [-0.15, -0.1) is 0 Å². The fourth-order valence-electron chi connectivity index (χ4n) is 4.84. The number of piperidine rings is 1. The molecular weight excluding hydrogens is 430 g/mol. The second-order valence-corrected chi connectivity index (χ2v) is 9.20. The zero-order valence-corrected chi connectivity index (χ0v) is 19.4. The van der Waals surface area contributed by atoms with Crippen LogP contribution in [0.15, 0.2) is 53.3 Å². The number of aromatic nitrogens is 2. The second-order valence-electron chi connectivity index (χ2n) is 9.20. The molecule has 176 valence electrons. The number of hydrogen-bond acceptors (Lipinski definition) is 5. The van der Waals surface area contributed by atoms with Gasteiger partial charge in [0.2, 0.25) is 5.91 Å². The van der Waals surface area contributed by atoms with Gasteiger partial charge in [-0.05, 0) is 62.1 Å². The average molecular weight is 460 g/mol. The van der Waals surface area contributed by atoms with Crippen LogP contribution in [0.25, 0.3) is 10.9 Å². The SMILES string of the molecule is COc1ccc(C(=O)C2CCN(C(=O)CCc3nc4ccccc4c(=O)n3C3CC3)CC2)cc1. The highest BCUT2D eigenvalue weighted by molar-refractivity contribution is 5.98. The zero-order valence-electron chi connectivity index (χ0n) is 19.4. The molecule has 3 aromatic rings. The van der Waals surface area contributed by atoms with E-state index in [-0.39, 0.29) is 29.2 Å².